The number of carbonyl (C=O) groups excluding carboxylic acids is 4. The van der Waals surface area contributed by atoms with Gasteiger partial charge >= 0.3 is 23.9 Å². The molecule has 15 nitrogen and oxygen atoms in total. The Balaban J connectivity index is 1.47. The average Bonchev–Trinajstić information content (AvgIpc) is 3.61. The lowest BCUT2D eigenvalue weighted by Gasteiger charge is -2.61. The van der Waals surface area contributed by atoms with Crippen molar-refractivity contribution in [1.29, 1.82) is 0 Å². The Morgan fingerprint density at radius 1 is 0.959 bits per heavy atom. The first-order valence-corrected chi connectivity index (χ1v) is 16.3. The maximum atomic E-state index is 14.2. The molecule has 0 amide bonds. The van der Waals surface area contributed by atoms with Crippen LogP contribution < -0.4 is 4.74 Å². The fourth-order valence-electron chi connectivity index (χ4n) is 11.2. The number of methoxy groups -OCH3 is 4. The summed E-state index contributed by atoms with van der Waals surface area (Å²) in [4.78, 5) is 53.7. The molecule has 6 fully saturated rings. The molecule has 0 aromatic heterocycles. The minimum Gasteiger partial charge on any atom is -0.497 e. The Labute approximate surface area is 282 Å². The van der Waals surface area contributed by atoms with Crippen molar-refractivity contribution in [3.05, 3.63) is 29.8 Å². The number of fused-ring (bicyclic) bond motifs is 2. The average molecular weight is 688 g/mol. The molecule has 15 heteroatoms. The maximum Gasteiger partial charge on any atom is 0.338 e. The second kappa shape index (κ2) is 11.4. The molecule has 4 bridgehead atoms. The maximum absolute atomic E-state index is 14.2. The molecule has 1 aromatic rings. The number of benzene rings is 1. The number of hydrogen-bond acceptors (Lipinski definition) is 15. The number of aliphatic hydroxyl groups is 1. The molecule has 49 heavy (non-hydrogen) atoms. The second-order valence-corrected chi connectivity index (χ2v) is 14.1. The van der Waals surface area contributed by atoms with Gasteiger partial charge in [0.1, 0.15) is 40.7 Å². The molecular weight excluding hydrogens is 646 g/mol. The molecule has 5 aliphatic carbocycles. The highest BCUT2D eigenvalue weighted by Crippen LogP contribution is 2.79. The molecule has 2 N–H and O–H groups in total. The zero-order chi connectivity index (χ0) is 35.3. The van der Waals surface area contributed by atoms with Gasteiger partial charge < -0.3 is 48.2 Å². The van der Waals surface area contributed by atoms with Crippen LogP contribution >= 0.6 is 0 Å². The van der Waals surface area contributed by atoms with Crippen LogP contribution in [0, 0.1) is 34.5 Å². The summed E-state index contributed by atoms with van der Waals surface area (Å²) in [5, 5.41) is 27.5. The molecule has 0 unspecified atom stereocenters. The van der Waals surface area contributed by atoms with Crippen LogP contribution in [-0.2, 0) is 47.5 Å². The van der Waals surface area contributed by atoms with Gasteiger partial charge in [0, 0.05) is 59.9 Å². The largest absolute Gasteiger partial charge is 0.497 e. The molecule has 1 heterocycles. The fraction of sp³-hybridized carbons (Fsp3) is 0.676. The zero-order valence-electron chi connectivity index (χ0n) is 28.1. The molecule has 5 saturated carbocycles. The molecule has 1 aliphatic heterocycles. The summed E-state index contributed by atoms with van der Waals surface area (Å²) in [7, 11) is 5.78. The standard InChI is InChI=1S/C34H41NO14/c1-15(36)46-20-11-21(44-5)34-19-12-32(40)22(45-6)13-33(49-16(2)37,23(19)28(32)48-29(38)17-7-9-18(43-4)10-8-17)24(27(34)35-41)25-26(34)31(20,14-42-3)30(39)47-25/h7-10,19-26,28,40-41H,11-14H2,1-6H3/b35-27+/t19-,20-,21+,22+,23-,24+,25+,26-,28-,31-,32+,33-,34+/m1/s1. The topological polar surface area (TPSA) is 195 Å². The van der Waals surface area contributed by atoms with Gasteiger partial charge in [0.25, 0.3) is 0 Å². The van der Waals surface area contributed by atoms with Crippen molar-refractivity contribution < 1.29 is 67.4 Å². The lowest BCUT2D eigenvalue weighted by molar-refractivity contribution is -0.247. The number of ether oxygens (including phenoxy) is 8. The predicted octanol–water partition coefficient (Wildman–Crippen LogP) is 1.29. The van der Waals surface area contributed by atoms with Gasteiger partial charge in [-0.25, -0.2) is 4.79 Å². The summed E-state index contributed by atoms with van der Waals surface area (Å²) in [5.74, 6) is -5.90. The highest BCUT2D eigenvalue weighted by Gasteiger charge is 2.91. The van der Waals surface area contributed by atoms with Gasteiger partial charge in [-0.2, -0.15) is 0 Å². The minimum atomic E-state index is -1.82. The first-order chi connectivity index (χ1) is 23.3. The number of nitrogens with zero attached hydrogens (tertiary/aromatic N) is 1. The van der Waals surface area contributed by atoms with Crippen molar-refractivity contribution in [3.8, 4) is 5.75 Å². The number of oxime groups is 1. The molecule has 13 atom stereocenters. The van der Waals surface area contributed by atoms with E-state index in [4.69, 9.17) is 37.9 Å². The molecule has 6 aliphatic rings. The van der Waals surface area contributed by atoms with Crippen molar-refractivity contribution in [3.63, 3.8) is 0 Å². The number of esters is 4. The van der Waals surface area contributed by atoms with Gasteiger partial charge in [0.05, 0.1) is 48.5 Å². The Bertz CT molecular complexity index is 1600. The Hall–Kier alpha value is -3.79. The third-order valence-corrected chi connectivity index (χ3v) is 12.5. The molecule has 0 radical (unpaired) electrons. The van der Waals surface area contributed by atoms with E-state index in [2.05, 4.69) is 5.16 Å². The monoisotopic (exact) mass is 687 g/mol. The molecular formula is C34H41NO14. The summed E-state index contributed by atoms with van der Waals surface area (Å²) in [6.45, 7) is 2.25. The van der Waals surface area contributed by atoms with Crippen molar-refractivity contribution in [1.82, 2.24) is 0 Å². The van der Waals surface area contributed by atoms with Gasteiger partial charge in [0.15, 0.2) is 0 Å². The lowest BCUT2D eigenvalue weighted by Crippen LogP contribution is -2.73. The van der Waals surface area contributed by atoms with E-state index >= 15 is 0 Å². The van der Waals surface area contributed by atoms with Crippen LogP contribution in [-0.4, -0.2) is 117 Å². The summed E-state index contributed by atoms with van der Waals surface area (Å²) in [6, 6.07) is 6.27. The van der Waals surface area contributed by atoms with E-state index in [9.17, 15) is 29.5 Å². The molecule has 0 spiro atoms. The molecule has 1 saturated heterocycles. The van der Waals surface area contributed by atoms with E-state index < -0.39 is 100 Å². The highest BCUT2D eigenvalue weighted by atomic mass is 16.6. The Morgan fingerprint density at radius 3 is 2.22 bits per heavy atom. The molecule has 7 rings (SSSR count). The quantitative estimate of drug-likeness (QED) is 0.163. The first kappa shape index (κ1) is 33.7. The van der Waals surface area contributed by atoms with Crippen molar-refractivity contribution in [2.45, 2.75) is 74.8 Å². The van der Waals surface area contributed by atoms with E-state index in [1.54, 1.807) is 12.1 Å². The van der Waals surface area contributed by atoms with Crippen LogP contribution in [0.2, 0.25) is 0 Å². The number of carbonyl (C=O) groups is 4. The minimum absolute atomic E-state index is 0.0181. The Morgan fingerprint density at radius 2 is 1.65 bits per heavy atom. The second-order valence-electron chi connectivity index (χ2n) is 14.1. The van der Waals surface area contributed by atoms with E-state index in [1.807, 2.05) is 0 Å². The third-order valence-electron chi connectivity index (χ3n) is 12.5. The fourth-order valence-corrected chi connectivity index (χ4v) is 11.2. The normalized spacial score (nSPS) is 44.6. The lowest BCUT2D eigenvalue weighted by atomic mass is 9.45. The summed E-state index contributed by atoms with van der Waals surface area (Å²) in [5.41, 5.74) is -6.06. The summed E-state index contributed by atoms with van der Waals surface area (Å²) in [6.07, 6.45) is -5.50. The number of rotatable bonds is 9. The third kappa shape index (κ3) is 4.06. The van der Waals surface area contributed by atoms with Crippen molar-refractivity contribution >= 4 is 29.6 Å². The van der Waals surface area contributed by atoms with Crippen LogP contribution in [0.4, 0.5) is 0 Å². The smallest absolute Gasteiger partial charge is 0.338 e. The van der Waals surface area contributed by atoms with E-state index in [1.165, 1.54) is 54.4 Å². The van der Waals surface area contributed by atoms with E-state index in [0.717, 1.165) is 0 Å². The van der Waals surface area contributed by atoms with Gasteiger partial charge in [-0.15, -0.1) is 0 Å². The highest BCUT2D eigenvalue weighted by molar-refractivity contribution is 6.02. The van der Waals surface area contributed by atoms with Gasteiger partial charge in [-0.1, -0.05) is 5.16 Å². The summed E-state index contributed by atoms with van der Waals surface area (Å²) < 4.78 is 47.6. The predicted molar refractivity (Wildman–Crippen MR) is 162 cm³/mol. The van der Waals surface area contributed by atoms with E-state index in [0.29, 0.717) is 5.75 Å². The van der Waals surface area contributed by atoms with Gasteiger partial charge in [-0.05, 0) is 36.6 Å². The van der Waals surface area contributed by atoms with Crippen molar-refractivity contribution in [2.75, 3.05) is 35.0 Å². The van der Waals surface area contributed by atoms with Gasteiger partial charge in [-0.3, -0.25) is 14.4 Å². The summed E-state index contributed by atoms with van der Waals surface area (Å²) >= 11 is 0. The van der Waals surface area contributed by atoms with Crippen molar-refractivity contribution in [2.24, 2.45) is 39.7 Å². The van der Waals surface area contributed by atoms with Crippen LogP contribution in [0.1, 0.15) is 43.5 Å². The molecule has 1 aromatic carbocycles. The zero-order valence-corrected chi connectivity index (χ0v) is 28.1. The molecule has 266 valence electrons. The van der Waals surface area contributed by atoms with Gasteiger partial charge in [0.2, 0.25) is 0 Å². The van der Waals surface area contributed by atoms with Crippen LogP contribution in [0.25, 0.3) is 0 Å². The number of hydrogen-bond donors (Lipinski definition) is 2. The SMILES string of the molecule is COC[C@@]12C(=O)O[C@H]3[C@H]4/C(=N\O)[C@]([C@@H](OC)C[C@H]1OC(C)=O)([C@@H]1C[C@]5(O)[C@@H](OC)C[C@@]4(OC(C)=O)[C@H]1[C@H]5OC(=O)c1ccc(OC)cc1)[C@H]32. The van der Waals surface area contributed by atoms with Crippen LogP contribution in [0.3, 0.4) is 0 Å². The van der Waals surface area contributed by atoms with E-state index in [-0.39, 0.29) is 37.1 Å². The first-order valence-electron chi connectivity index (χ1n) is 16.3. The van der Waals surface area contributed by atoms with Crippen LogP contribution in [0.5, 0.6) is 5.75 Å². The van der Waals surface area contributed by atoms with Crippen LogP contribution in [0.15, 0.2) is 29.4 Å². The Kier molecular flexibility index (Phi) is 7.82.